The Balaban J connectivity index is 1.33. The van der Waals surface area contributed by atoms with Gasteiger partial charge in [-0.1, -0.05) is 12.1 Å². The van der Waals surface area contributed by atoms with Gasteiger partial charge in [-0.05, 0) is 35.9 Å². The summed E-state index contributed by atoms with van der Waals surface area (Å²) in [5.74, 6) is -0.778. The number of hydrogen-bond donors (Lipinski definition) is 2. The molecule has 38 heavy (non-hydrogen) atoms. The van der Waals surface area contributed by atoms with Crippen molar-refractivity contribution < 1.29 is 37.3 Å². The highest BCUT2D eigenvalue weighted by Gasteiger charge is 2.31. The molecule has 1 aliphatic rings. The van der Waals surface area contributed by atoms with E-state index in [1.165, 1.54) is 24.3 Å². The summed E-state index contributed by atoms with van der Waals surface area (Å²) in [6, 6.07) is 10.3. The lowest BCUT2D eigenvalue weighted by atomic mass is 10.0. The maximum atomic E-state index is 12.7. The van der Waals surface area contributed by atoms with Gasteiger partial charge in [0.05, 0.1) is 30.6 Å². The van der Waals surface area contributed by atoms with E-state index in [-0.39, 0.29) is 36.4 Å². The van der Waals surface area contributed by atoms with Gasteiger partial charge in [-0.15, -0.1) is 13.2 Å². The number of carbonyl (C=O) groups is 2. The standard InChI is InChI=1S/C26H27F3N4O5/c27-26(28,29)38-20-4-1-17(2-5-20)13-24(35)33-9-7-19(8-10-33)37-23-6-3-18(14-21(23)25(30)36)22-15-32(11-12-34)16-31-22/h1-6,14-16,19,34H,7-13H2,(H2,30,36). The lowest BCUT2D eigenvalue weighted by Crippen LogP contribution is -2.42. The highest BCUT2D eigenvalue weighted by Crippen LogP contribution is 2.29. The molecular weight excluding hydrogens is 505 g/mol. The second-order valence-electron chi connectivity index (χ2n) is 8.86. The van der Waals surface area contributed by atoms with E-state index in [0.29, 0.717) is 55.0 Å². The van der Waals surface area contributed by atoms with Crippen molar-refractivity contribution in [3.63, 3.8) is 0 Å². The number of amides is 2. The number of rotatable bonds is 9. The predicted octanol–water partition coefficient (Wildman–Crippen LogP) is 3.15. The number of aromatic nitrogens is 2. The smallest absolute Gasteiger partial charge is 0.489 e. The number of ether oxygens (including phenoxy) is 2. The minimum atomic E-state index is -4.77. The summed E-state index contributed by atoms with van der Waals surface area (Å²) < 4.78 is 48.6. The van der Waals surface area contributed by atoms with Crippen molar-refractivity contribution >= 4 is 11.8 Å². The molecule has 2 heterocycles. The van der Waals surface area contributed by atoms with E-state index in [2.05, 4.69) is 9.72 Å². The van der Waals surface area contributed by atoms with Gasteiger partial charge in [0.1, 0.15) is 17.6 Å². The first-order chi connectivity index (χ1) is 18.1. The Bertz CT molecular complexity index is 1270. The van der Waals surface area contributed by atoms with Crippen LogP contribution in [-0.4, -0.2) is 63.5 Å². The van der Waals surface area contributed by atoms with E-state index in [9.17, 15) is 22.8 Å². The van der Waals surface area contributed by atoms with Crippen molar-refractivity contribution in [2.24, 2.45) is 5.73 Å². The Labute approximate surface area is 216 Å². The number of aliphatic hydroxyl groups is 1. The topological polar surface area (TPSA) is 120 Å². The normalized spacial score (nSPS) is 14.4. The van der Waals surface area contributed by atoms with Gasteiger partial charge in [0, 0.05) is 44.2 Å². The molecule has 0 radical (unpaired) electrons. The minimum Gasteiger partial charge on any atom is -0.489 e. The summed E-state index contributed by atoms with van der Waals surface area (Å²) in [6.45, 7) is 1.25. The van der Waals surface area contributed by atoms with E-state index in [1.807, 2.05) is 0 Å². The van der Waals surface area contributed by atoms with Crippen molar-refractivity contribution in [1.29, 1.82) is 0 Å². The molecule has 202 valence electrons. The maximum absolute atomic E-state index is 12.7. The fourth-order valence-electron chi connectivity index (χ4n) is 4.23. The molecule has 1 fully saturated rings. The SMILES string of the molecule is NC(=O)c1cc(-c2cn(CCO)cn2)ccc1OC1CCN(C(=O)Cc2ccc(OC(F)(F)F)cc2)CC1. The number of aliphatic hydroxyl groups excluding tert-OH is 1. The van der Waals surface area contributed by atoms with Crippen LogP contribution in [0.2, 0.25) is 0 Å². The van der Waals surface area contributed by atoms with Crippen LogP contribution in [0.1, 0.15) is 28.8 Å². The third-order valence-electron chi connectivity index (χ3n) is 6.13. The van der Waals surface area contributed by atoms with Gasteiger partial charge in [0.15, 0.2) is 0 Å². The zero-order valence-corrected chi connectivity index (χ0v) is 20.4. The summed E-state index contributed by atoms with van der Waals surface area (Å²) in [6.07, 6.45) is -0.523. The van der Waals surface area contributed by atoms with Crippen molar-refractivity contribution in [1.82, 2.24) is 14.5 Å². The zero-order chi connectivity index (χ0) is 27.3. The molecule has 2 amide bonds. The third-order valence-corrected chi connectivity index (χ3v) is 6.13. The summed E-state index contributed by atoms with van der Waals surface area (Å²) in [4.78, 5) is 30.8. The Hall–Kier alpha value is -4.06. The van der Waals surface area contributed by atoms with E-state index in [0.717, 1.165) is 0 Å². The molecule has 0 aliphatic carbocycles. The zero-order valence-electron chi connectivity index (χ0n) is 20.4. The number of piperidine rings is 1. The fourth-order valence-corrected chi connectivity index (χ4v) is 4.23. The number of halogens is 3. The Kier molecular flexibility index (Phi) is 8.20. The maximum Gasteiger partial charge on any atom is 0.573 e. The first-order valence-corrected chi connectivity index (χ1v) is 12.0. The number of hydrogen-bond acceptors (Lipinski definition) is 6. The monoisotopic (exact) mass is 532 g/mol. The number of carbonyl (C=O) groups excluding carboxylic acids is 2. The van der Waals surface area contributed by atoms with Crippen LogP contribution in [0.3, 0.4) is 0 Å². The van der Waals surface area contributed by atoms with Crippen LogP contribution in [0.5, 0.6) is 11.5 Å². The number of benzene rings is 2. The molecule has 0 bridgehead atoms. The molecule has 3 N–H and O–H groups in total. The van der Waals surface area contributed by atoms with Gasteiger partial charge < -0.3 is 29.8 Å². The first-order valence-electron chi connectivity index (χ1n) is 12.0. The molecule has 0 atom stereocenters. The van der Waals surface area contributed by atoms with Crippen LogP contribution in [-0.2, 0) is 17.8 Å². The number of nitrogens with zero attached hydrogens (tertiary/aromatic N) is 3. The van der Waals surface area contributed by atoms with Crippen molar-refractivity contribution in [3.05, 3.63) is 66.1 Å². The number of imidazole rings is 1. The summed E-state index contributed by atoms with van der Waals surface area (Å²) in [7, 11) is 0. The average molecular weight is 533 g/mol. The number of alkyl halides is 3. The van der Waals surface area contributed by atoms with E-state index >= 15 is 0 Å². The van der Waals surface area contributed by atoms with Crippen molar-refractivity contribution in [2.75, 3.05) is 19.7 Å². The number of primary amides is 1. The van der Waals surface area contributed by atoms with Gasteiger partial charge >= 0.3 is 6.36 Å². The van der Waals surface area contributed by atoms with Crippen LogP contribution in [0.15, 0.2) is 55.0 Å². The van der Waals surface area contributed by atoms with Crippen LogP contribution in [0, 0.1) is 0 Å². The Morgan fingerprint density at radius 2 is 1.82 bits per heavy atom. The van der Waals surface area contributed by atoms with E-state index in [1.54, 1.807) is 40.2 Å². The molecule has 3 aromatic rings. The summed E-state index contributed by atoms with van der Waals surface area (Å²) in [5.41, 5.74) is 7.71. The molecule has 9 nitrogen and oxygen atoms in total. The van der Waals surface area contributed by atoms with Crippen LogP contribution < -0.4 is 15.2 Å². The second-order valence-corrected chi connectivity index (χ2v) is 8.86. The van der Waals surface area contributed by atoms with Crippen LogP contribution >= 0.6 is 0 Å². The van der Waals surface area contributed by atoms with E-state index < -0.39 is 12.3 Å². The van der Waals surface area contributed by atoms with Crippen LogP contribution in [0.25, 0.3) is 11.3 Å². The molecule has 1 aromatic heterocycles. The Morgan fingerprint density at radius 1 is 1.11 bits per heavy atom. The van der Waals surface area contributed by atoms with Gasteiger partial charge in [-0.3, -0.25) is 9.59 Å². The minimum absolute atomic E-state index is 0.0204. The summed E-state index contributed by atoms with van der Waals surface area (Å²) in [5, 5.41) is 9.08. The first kappa shape index (κ1) is 27.0. The van der Waals surface area contributed by atoms with Gasteiger partial charge in [-0.2, -0.15) is 0 Å². The Morgan fingerprint density at radius 3 is 2.45 bits per heavy atom. The molecule has 1 aliphatic heterocycles. The number of likely N-dealkylation sites (tertiary alicyclic amines) is 1. The quantitative estimate of drug-likeness (QED) is 0.437. The lowest BCUT2D eigenvalue weighted by molar-refractivity contribution is -0.274. The average Bonchev–Trinajstić information content (AvgIpc) is 3.34. The molecule has 1 saturated heterocycles. The molecular formula is C26H27F3N4O5. The largest absolute Gasteiger partial charge is 0.573 e. The van der Waals surface area contributed by atoms with Gasteiger partial charge in [0.25, 0.3) is 5.91 Å². The molecule has 0 spiro atoms. The van der Waals surface area contributed by atoms with Gasteiger partial charge in [-0.25, -0.2) is 4.98 Å². The lowest BCUT2D eigenvalue weighted by Gasteiger charge is -2.32. The molecule has 0 saturated carbocycles. The fraction of sp³-hybridized carbons (Fsp3) is 0.346. The molecule has 12 heteroatoms. The second kappa shape index (κ2) is 11.5. The predicted molar refractivity (Wildman–Crippen MR) is 130 cm³/mol. The highest BCUT2D eigenvalue weighted by molar-refractivity contribution is 5.97. The van der Waals surface area contributed by atoms with E-state index in [4.69, 9.17) is 15.6 Å². The summed E-state index contributed by atoms with van der Waals surface area (Å²) >= 11 is 0. The molecule has 0 unspecified atom stereocenters. The highest BCUT2D eigenvalue weighted by atomic mass is 19.4. The van der Waals surface area contributed by atoms with Crippen molar-refractivity contribution in [2.45, 2.75) is 38.3 Å². The molecule has 4 rings (SSSR count). The van der Waals surface area contributed by atoms with Crippen molar-refractivity contribution in [3.8, 4) is 22.8 Å². The number of nitrogens with two attached hydrogens (primary N) is 1. The van der Waals surface area contributed by atoms with Crippen LogP contribution in [0.4, 0.5) is 13.2 Å². The van der Waals surface area contributed by atoms with Gasteiger partial charge in [0.2, 0.25) is 5.91 Å². The third kappa shape index (κ3) is 7.03. The molecule has 2 aromatic carbocycles.